The van der Waals surface area contributed by atoms with Gasteiger partial charge < -0.3 is 4.42 Å². The number of hydrogen-bond donors (Lipinski definition) is 4. The fourth-order valence-electron chi connectivity index (χ4n) is 0.391. The molecule has 0 aromatic carbocycles. The van der Waals surface area contributed by atoms with Gasteiger partial charge in [0.1, 0.15) is 0 Å². The average Bonchev–Trinajstić information content (AvgIpc) is 1.98. The van der Waals surface area contributed by atoms with Crippen LogP contribution in [0.1, 0.15) is 0 Å². The van der Waals surface area contributed by atoms with Crippen molar-refractivity contribution >= 4 is 50.5 Å². The van der Waals surface area contributed by atoms with Gasteiger partial charge in [-0.25, -0.2) is 0 Å². The zero-order chi connectivity index (χ0) is 7.02. The third-order valence-electron chi connectivity index (χ3n) is 0.823. The van der Waals surface area contributed by atoms with Crippen molar-refractivity contribution in [2.24, 2.45) is 0 Å². The van der Waals surface area contributed by atoms with Crippen LogP contribution in [-0.2, 0) is 0 Å². The fraction of sp³-hybridized carbons (Fsp3) is 0. The number of rotatable bonds is 0. The Morgan fingerprint density at radius 2 is 1.11 bits per heavy atom. The minimum absolute atomic E-state index is 0.452. The minimum Gasteiger partial charge on any atom is -0.442 e. The van der Waals surface area contributed by atoms with Crippen LogP contribution in [0.5, 0.6) is 0 Å². The largest absolute Gasteiger partial charge is 0.442 e. The molecule has 0 saturated heterocycles. The molecule has 0 atom stereocenters. The Balaban J connectivity index is 3.29. The van der Waals surface area contributed by atoms with E-state index in [1.807, 2.05) is 0 Å². The second kappa shape index (κ2) is 2.74. The van der Waals surface area contributed by atoms with Gasteiger partial charge in [0.25, 0.3) is 0 Å². The molecule has 0 aliphatic heterocycles. The van der Waals surface area contributed by atoms with Gasteiger partial charge in [-0.05, 0) is 0 Å². The Bertz CT molecular complexity index is 206. The Morgan fingerprint density at radius 1 is 0.778 bits per heavy atom. The first-order valence-corrected chi connectivity index (χ1v) is 3.84. The van der Waals surface area contributed by atoms with E-state index < -0.39 is 0 Å². The van der Waals surface area contributed by atoms with Crippen molar-refractivity contribution in [1.29, 1.82) is 0 Å². The summed E-state index contributed by atoms with van der Waals surface area (Å²) in [4.78, 5) is 1.26. The second-order valence-corrected chi connectivity index (χ2v) is 3.12. The fourth-order valence-corrected chi connectivity index (χ4v) is 1.34. The molecule has 1 rings (SSSR count). The normalized spacial score (nSPS) is 10.2. The van der Waals surface area contributed by atoms with Crippen LogP contribution in [-0.4, -0.2) is 0 Å². The molecule has 9 heavy (non-hydrogen) atoms. The summed E-state index contributed by atoms with van der Waals surface area (Å²) in [6.45, 7) is 0. The van der Waals surface area contributed by atoms with Gasteiger partial charge in [-0.1, -0.05) is 0 Å². The minimum atomic E-state index is 0.452. The highest BCUT2D eigenvalue weighted by Gasteiger charge is 2.08. The van der Waals surface area contributed by atoms with Crippen LogP contribution in [0.4, 0.5) is 0 Å². The molecule has 0 unspecified atom stereocenters. The molecule has 0 saturated carbocycles. The topological polar surface area (TPSA) is 13.1 Å². The molecule has 0 amide bonds. The molecule has 0 spiro atoms. The smallest absolute Gasteiger partial charge is 0.173 e. The quantitative estimate of drug-likeness (QED) is 0.468. The highest BCUT2D eigenvalue weighted by Crippen LogP contribution is 2.33. The van der Waals surface area contributed by atoms with Gasteiger partial charge >= 0.3 is 0 Å². The summed E-state index contributed by atoms with van der Waals surface area (Å²) < 4.78 is 4.92. The maximum Gasteiger partial charge on any atom is 0.173 e. The number of furan rings is 1. The number of hydrogen-bond acceptors (Lipinski definition) is 5. The Kier molecular flexibility index (Phi) is 2.37. The van der Waals surface area contributed by atoms with E-state index in [1.165, 1.54) is 0 Å². The van der Waals surface area contributed by atoms with Crippen LogP contribution in [0.15, 0.2) is 24.4 Å². The summed E-state index contributed by atoms with van der Waals surface area (Å²) in [7, 11) is 0. The van der Waals surface area contributed by atoms with Crippen molar-refractivity contribution in [2.75, 3.05) is 0 Å². The van der Waals surface area contributed by atoms with E-state index in [0.717, 1.165) is 0 Å². The SMILES string of the molecule is Sc1oc(S)c(S)c1S. The third-order valence-corrected chi connectivity index (χ3v) is 2.84. The van der Waals surface area contributed by atoms with Crippen molar-refractivity contribution < 1.29 is 4.42 Å². The molecule has 50 valence electrons. The molecule has 5 heteroatoms. The molecule has 0 aliphatic rings. The predicted molar refractivity (Wildman–Crippen MR) is 47.7 cm³/mol. The summed E-state index contributed by atoms with van der Waals surface area (Å²) in [5, 5.41) is 0.904. The van der Waals surface area contributed by atoms with E-state index in [1.54, 1.807) is 0 Å². The van der Waals surface area contributed by atoms with Gasteiger partial charge in [-0.2, -0.15) is 0 Å². The highest BCUT2D eigenvalue weighted by molar-refractivity contribution is 7.86. The van der Waals surface area contributed by atoms with E-state index in [2.05, 4.69) is 50.5 Å². The molecular formula is C4H4OS4. The lowest BCUT2D eigenvalue weighted by molar-refractivity contribution is 0.387. The van der Waals surface area contributed by atoms with Crippen molar-refractivity contribution in [3.63, 3.8) is 0 Å². The van der Waals surface area contributed by atoms with Gasteiger partial charge in [0.2, 0.25) is 0 Å². The maximum absolute atomic E-state index is 4.92. The first-order valence-electron chi connectivity index (χ1n) is 2.05. The van der Waals surface area contributed by atoms with Crippen LogP contribution < -0.4 is 0 Å². The van der Waals surface area contributed by atoms with Crippen molar-refractivity contribution in [3.8, 4) is 0 Å². The van der Waals surface area contributed by atoms with Gasteiger partial charge in [0, 0.05) is 0 Å². The lowest BCUT2D eigenvalue weighted by Crippen LogP contribution is -1.58. The summed E-state index contributed by atoms with van der Waals surface area (Å²) in [5.74, 6) is 0. The summed E-state index contributed by atoms with van der Waals surface area (Å²) in [6, 6.07) is 0. The first-order chi connectivity index (χ1) is 4.13. The molecule has 1 aromatic rings. The molecule has 0 fully saturated rings. The van der Waals surface area contributed by atoms with E-state index in [0.29, 0.717) is 20.0 Å². The Labute approximate surface area is 74.8 Å². The molecule has 0 aliphatic carbocycles. The lowest BCUT2D eigenvalue weighted by Gasteiger charge is -1.81. The van der Waals surface area contributed by atoms with Crippen molar-refractivity contribution in [3.05, 3.63) is 0 Å². The van der Waals surface area contributed by atoms with Crippen LogP contribution in [0.25, 0.3) is 0 Å². The maximum atomic E-state index is 4.92. The Morgan fingerprint density at radius 3 is 1.22 bits per heavy atom. The van der Waals surface area contributed by atoms with E-state index in [9.17, 15) is 0 Å². The van der Waals surface area contributed by atoms with E-state index in [-0.39, 0.29) is 0 Å². The van der Waals surface area contributed by atoms with Crippen molar-refractivity contribution in [2.45, 2.75) is 20.0 Å². The van der Waals surface area contributed by atoms with Crippen LogP contribution in [0.2, 0.25) is 0 Å². The molecule has 0 radical (unpaired) electrons. The average molecular weight is 196 g/mol. The zero-order valence-corrected chi connectivity index (χ0v) is 7.77. The predicted octanol–water partition coefficient (Wildman–Crippen LogP) is 2.43. The second-order valence-electron chi connectivity index (χ2n) is 1.41. The molecule has 0 N–H and O–H groups in total. The third kappa shape index (κ3) is 1.39. The van der Waals surface area contributed by atoms with E-state index in [4.69, 9.17) is 4.42 Å². The van der Waals surface area contributed by atoms with E-state index >= 15 is 0 Å². The van der Waals surface area contributed by atoms with Gasteiger partial charge in [0.05, 0.1) is 9.79 Å². The molecule has 1 nitrogen and oxygen atoms in total. The van der Waals surface area contributed by atoms with Gasteiger partial charge in [-0.3, -0.25) is 0 Å². The Hall–Kier alpha value is 0.680. The van der Waals surface area contributed by atoms with Gasteiger partial charge in [0.15, 0.2) is 10.2 Å². The van der Waals surface area contributed by atoms with Crippen LogP contribution >= 0.6 is 50.5 Å². The number of thiol groups is 4. The molecule has 1 aromatic heterocycles. The van der Waals surface area contributed by atoms with Gasteiger partial charge in [-0.15, -0.1) is 50.5 Å². The molecule has 0 bridgehead atoms. The molecular weight excluding hydrogens is 192 g/mol. The van der Waals surface area contributed by atoms with Crippen LogP contribution in [0.3, 0.4) is 0 Å². The van der Waals surface area contributed by atoms with Crippen molar-refractivity contribution in [1.82, 2.24) is 0 Å². The molecule has 1 heterocycles. The highest BCUT2D eigenvalue weighted by atomic mass is 32.1. The monoisotopic (exact) mass is 196 g/mol. The summed E-state index contributed by atoms with van der Waals surface area (Å²) >= 11 is 16.0. The standard InChI is InChI=1S/C4H4OS4/c6-1-2(7)4(9)5-3(1)8/h6-9H. The first kappa shape index (κ1) is 7.78. The lowest BCUT2D eigenvalue weighted by atomic mass is 10.6. The zero-order valence-electron chi connectivity index (χ0n) is 4.20. The summed E-state index contributed by atoms with van der Waals surface area (Å²) in [5.41, 5.74) is 0. The summed E-state index contributed by atoms with van der Waals surface area (Å²) in [6.07, 6.45) is 0. The van der Waals surface area contributed by atoms with Crippen LogP contribution in [0, 0.1) is 0 Å².